The van der Waals surface area contributed by atoms with E-state index in [-0.39, 0.29) is 17.5 Å². The monoisotopic (exact) mass is 549 g/mol. The summed E-state index contributed by atoms with van der Waals surface area (Å²) in [5.41, 5.74) is 4.54. The van der Waals surface area contributed by atoms with E-state index in [0.29, 0.717) is 27.3 Å². The normalized spacial score (nSPS) is 16.9. The van der Waals surface area contributed by atoms with E-state index in [1.54, 1.807) is 24.4 Å². The van der Waals surface area contributed by atoms with Gasteiger partial charge in [-0.1, -0.05) is 17.7 Å². The van der Waals surface area contributed by atoms with Gasteiger partial charge in [-0.3, -0.25) is 15.1 Å². The molecule has 2 N–H and O–H groups in total. The van der Waals surface area contributed by atoms with E-state index in [2.05, 4.69) is 10.3 Å². The number of pyridine rings is 1. The van der Waals surface area contributed by atoms with Crippen LogP contribution < -0.4 is 15.0 Å². The minimum absolute atomic E-state index is 0.0380. The van der Waals surface area contributed by atoms with Crippen molar-refractivity contribution in [1.29, 1.82) is 0 Å². The van der Waals surface area contributed by atoms with Crippen LogP contribution in [0.15, 0.2) is 66.9 Å². The van der Waals surface area contributed by atoms with Gasteiger partial charge in [-0.05, 0) is 74.1 Å². The quantitative estimate of drug-likeness (QED) is 0.173. The number of aromatic nitrogens is 2. The number of ether oxygens (including phenoxy) is 1. The molecule has 0 bridgehead atoms. The third kappa shape index (κ3) is 4.31. The molecule has 5 rings (SSSR count). The molecular weight excluding hydrogens is 526 g/mol. The number of halogens is 1. The zero-order valence-electron chi connectivity index (χ0n) is 20.8. The first kappa shape index (κ1) is 25.5. The number of non-ortho nitro benzene ring substituents is 1. The minimum atomic E-state index is -0.453. The number of hydrogen-bond donors (Lipinski definition) is 2. The molecule has 2 atom stereocenters. The molecule has 0 amide bonds. The Bertz CT molecular complexity index is 1560. The smallest absolute Gasteiger partial charge is 0.273 e. The fraction of sp³-hybridized carbons (Fsp3) is 0.185. The maximum Gasteiger partial charge on any atom is 0.273 e. The van der Waals surface area contributed by atoms with Crippen molar-refractivity contribution in [1.82, 2.24) is 14.9 Å². The lowest BCUT2D eigenvalue weighted by Crippen LogP contribution is -2.29. The molecule has 0 aliphatic carbocycles. The Labute approximate surface area is 229 Å². The Hall–Kier alpha value is -4.15. The third-order valence-corrected chi connectivity index (χ3v) is 7.25. The number of nitrogens with one attached hydrogen (secondary N) is 1. The van der Waals surface area contributed by atoms with Crippen LogP contribution in [0.4, 0.5) is 11.4 Å². The number of rotatable bonds is 6. The Morgan fingerprint density at radius 3 is 2.61 bits per heavy atom. The van der Waals surface area contributed by atoms with Crippen molar-refractivity contribution in [3.05, 3.63) is 105 Å². The van der Waals surface area contributed by atoms with Gasteiger partial charge in [0.15, 0.2) is 5.11 Å². The van der Waals surface area contributed by atoms with Gasteiger partial charge in [0.1, 0.15) is 11.5 Å². The number of nitro benzene ring substituents is 1. The molecule has 4 aromatic rings. The van der Waals surface area contributed by atoms with Crippen LogP contribution in [0.2, 0.25) is 5.02 Å². The fourth-order valence-corrected chi connectivity index (χ4v) is 5.55. The van der Waals surface area contributed by atoms with Crippen molar-refractivity contribution < 1.29 is 14.8 Å². The predicted molar refractivity (Wildman–Crippen MR) is 149 cm³/mol. The minimum Gasteiger partial charge on any atom is -0.506 e. The van der Waals surface area contributed by atoms with Gasteiger partial charge in [0.25, 0.3) is 5.69 Å². The van der Waals surface area contributed by atoms with E-state index < -0.39 is 11.0 Å². The molecule has 1 saturated heterocycles. The number of phenolic OH excluding ortho intramolecular Hbond substituents is 1. The van der Waals surface area contributed by atoms with Crippen LogP contribution in [0, 0.1) is 24.0 Å². The summed E-state index contributed by atoms with van der Waals surface area (Å²) in [6.45, 7) is 3.92. The van der Waals surface area contributed by atoms with Gasteiger partial charge in [-0.2, -0.15) is 0 Å². The first-order chi connectivity index (χ1) is 18.2. The van der Waals surface area contributed by atoms with E-state index in [4.69, 9.17) is 28.6 Å². The number of hydrogen-bond acceptors (Lipinski definition) is 6. The Morgan fingerprint density at radius 2 is 1.92 bits per heavy atom. The van der Waals surface area contributed by atoms with Crippen LogP contribution in [0.1, 0.15) is 34.7 Å². The number of methoxy groups -OCH3 is 1. The van der Waals surface area contributed by atoms with Crippen LogP contribution in [0.5, 0.6) is 11.5 Å². The summed E-state index contributed by atoms with van der Waals surface area (Å²) in [5, 5.41) is 26.4. The highest BCUT2D eigenvalue weighted by Crippen LogP contribution is 2.47. The fourth-order valence-electron chi connectivity index (χ4n) is 5.04. The number of aryl methyl sites for hydroxylation is 1. The van der Waals surface area contributed by atoms with Gasteiger partial charge >= 0.3 is 0 Å². The van der Waals surface area contributed by atoms with Crippen molar-refractivity contribution >= 4 is 40.3 Å². The van der Waals surface area contributed by atoms with Crippen molar-refractivity contribution in [3.63, 3.8) is 0 Å². The van der Waals surface area contributed by atoms with E-state index in [1.165, 1.54) is 25.3 Å². The molecule has 38 heavy (non-hydrogen) atoms. The van der Waals surface area contributed by atoms with E-state index in [0.717, 1.165) is 22.6 Å². The molecule has 2 aromatic heterocycles. The predicted octanol–water partition coefficient (Wildman–Crippen LogP) is 5.94. The van der Waals surface area contributed by atoms with Gasteiger partial charge in [0.2, 0.25) is 0 Å². The average Bonchev–Trinajstić information content (AvgIpc) is 3.40. The Kier molecular flexibility index (Phi) is 6.68. The number of aromatic hydroxyl groups is 1. The molecule has 2 aromatic carbocycles. The largest absolute Gasteiger partial charge is 0.506 e. The summed E-state index contributed by atoms with van der Waals surface area (Å²) in [4.78, 5) is 17.3. The van der Waals surface area contributed by atoms with Gasteiger partial charge < -0.3 is 24.6 Å². The first-order valence-corrected chi connectivity index (χ1v) is 12.5. The molecule has 0 radical (unpaired) electrons. The summed E-state index contributed by atoms with van der Waals surface area (Å²) >= 11 is 12.1. The van der Waals surface area contributed by atoms with E-state index >= 15 is 0 Å². The molecule has 11 heteroatoms. The van der Waals surface area contributed by atoms with E-state index in [1.807, 2.05) is 47.6 Å². The van der Waals surface area contributed by atoms with Crippen molar-refractivity contribution in [2.24, 2.45) is 0 Å². The van der Waals surface area contributed by atoms with Crippen LogP contribution in [0.3, 0.4) is 0 Å². The van der Waals surface area contributed by atoms with Gasteiger partial charge in [0.05, 0.1) is 47.3 Å². The highest BCUT2D eigenvalue weighted by Gasteiger charge is 2.43. The Balaban J connectivity index is 1.71. The summed E-state index contributed by atoms with van der Waals surface area (Å²) < 4.78 is 7.53. The highest BCUT2D eigenvalue weighted by molar-refractivity contribution is 7.80. The standard InChI is InChI=1S/C27H24ClN5O4S/c1-15-12-19(16(2)31(15)21-9-8-18(33(35)36)14-24(21)37-3)26-25(20-6-4-5-11-29-20)30-27(38)32(26)22-13-17(28)7-10-23(22)34/h4-14,25-26,34H,1-3H3,(H,30,38)/t25-,26+/m0/s1. The summed E-state index contributed by atoms with van der Waals surface area (Å²) in [6, 6.07) is 16.4. The zero-order valence-corrected chi connectivity index (χ0v) is 22.3. The molecule has 3 heterocycles. The molecule has 0 unspecified atom stereocenters. The van der Waals surface area contributed by atoms with Crippen LogP contribution >= 0.6 is 23.8 Å². The lowest BCUT2D eigenvalue weighted by Gasteiger charge is -2.29. The molecule has 1 fully saturated rings. The molecule has 0 spiro atoms. The summed E-state index contributed by atoms with van der Waals surface area (Å²) in [7, 11) is 1.48. The number of nitro groups is 1. The highest BCUT2D eigenvalue weighted by atomic mass is 35.5. The molecule has 0 saturated carbocycles. The van der Waals surface area contributed by atoms with Crippen LogP contribution in [-0.4, -0.2) is 31.8 Å². The average molecular weight is 550 g/mol. The zero-order chi connectivity index (χ0) is 27.1. The maximum absolute atomic E-state index is 11.3. The second-order valence-electron chi connectivity index (χ2n) is 8.90. The van der Waals surface area contributed by atoms with Crippen molar-refractivity contribution in [2.75, 3.05) is 12.0 Å². The molecule has 1 aliphatic rings. The number of thiocarbonyl (C=S) groups is 1. The van der Waals surface area contributed by atoms with Gasteiger partial charge in [0, 0.05) is 28.7 Å². The van der Waals surface area contributed by atoms with Crippen LogP contribution in [-0.2, 0) is 0 Å². The van der Waals surface area contributed by atoms with Gasteiger partial charge in [-0.15, -0.1) is 0 Å². The summed E-state index contributed by atoms with van der Waals surface area (Å²) in [5.74, 6) is 0.411. The SMILES string of the molecule is COc1cc([N+](=O)[O-])ccc1-n1c(C)cc([C@@H]2[C@H](c3ccccn3)NC(=S)N2c2cc(Cl)ccc2O)c1C. The second-order valence-corrected chi connectivity index (χ2v) is 9.73. The van der Waals surface area contributed by atoms with Gasteiger partial charge in [-0.25, -0.2) is 0 Å². The Morgan fingerprint density at radius 1 is 1.13 bits per heavy atom. The van der Waals surface area contributed by atoms with Crippen LogP contribution in [0.25, 0.3) is 5.69 Å². The molecule has 1 aliphatic heterocycles. The lowest BCUT2D eigenvalue weighted by molar-refractivity contribution is -0.384. The number of anilines is 1. The maximum atomic E-state index is 11.3. The topological polar surface area (TPSA) is 106 Å². The van der Waals surface area contributed by atoms with Crippen molar-refractivity contribution in [3.8, 4) is 17.2 Å². The van der Waals surface area contributed by atoms with Crippen molar-refractivity contribution in [2.45, 2.75) is 25.9 Å². The number of phenols is 1. The number of nitrogens with zero attached hydrogens (tertiary/aromatic N) is 4. The third-order valence-electron chi connectivity index (χ3n) is 6.70. The number of benzene rings is 2. The molecule has 194 valence electrons. The molecule has 9 nitrogen and oxygen atoms in total. The second kappa shape index (κ2) is 9.96. The summed E-state index contributed by atoms with van der Waals surface area (Å²) in [6.07, 6.45) is 1.72. The van der Waals surface area contributed by atoms with E-state index in [9.17, 15) is 15.2 Å². The molecular formula is C27H24ClN5O4S. The first-order valence-electron chi connectivity index (χ1n) is 11.7. The lowest BCUT2D eigenvalue weighted by atomic mass is 9.96.